The maximum atomic E-state index is 9.10. The Kier molecular flexibility index (Phi) is 2.10. The molecular weight excluding hydrogens is 176 g/mol. The summed E-state index contributed by atoms with van der Waals surface area (Å²) < 4.78 is 5.87. The van der Waals surface area contributed by atoms with Crippen LogP contribution >= 0.6 is 0 Å². The molecule has 80 valence electrons. The summed E-state index contributed by atoms with van der Waals surface area (Å²) in [4.78, 5) is 0. The summed E-state index contributed by atoms with van der Waals surface area (Å²) in [5.74, 6) is 4.10. The van der Waals surface area contributed by atoms with Gasteiger partial charge in [0.2, 0.25) is 0 Å². The van der Waals surface area contributed by atoms with Crippen molar-refractivity contribution in [1.29, 1.82) is 0 Å². The molecule has 2 heteroatoms. The van der Waals surface area contributed by atoms with Crippen LogP contribution < -0.4 is 0 Å². The number of aliphatic hydroxyl groups is 1. The molecule has 3 aliphatic rings. The number of ether oxygens (including phenoxy) is 1. The van der Waals surface area contributed by atoms with Gasteiger partial charge in [-0.05, 0) is 42.4 Å². The summed E-state index contributed by atoms with van der Waals surface area (Å²) in [6, 6.07) is 0. The maximum absolute atomic E-state index is 9.10. The Balaban J connectivity index is 1.82. The third kappa shape index (κ3) is 0.989. The molecule has 0 amide bonds. The quantitative estimate of drug-likeness (QED) is 0.744. The van der Waals surface area contributed by atoms with E-state index in [1.807, 2.05) is 0 Å². The second-order valence-electron chi connectivity index (χ2n) is 5.28. The van der Waals surface area contributed by atoms with Crippen molar-refractivity contribution in [2.24, 2.45) is 29.6 Å². The highest BCUT2D eigenvalue weighted by molar-refractivity contribution is 5.09. The fraction of sp³-hybridized carbons (Fsp3) is 1.00. The molecule has 3 rings (SSSR count). The number of aliphatic hydroxyl groups excluding tert-OH is 1. The van der Waals surface area contributed by atoms with E-state index in [1.165, 1.54) is 12.8 Å². The largest absolute Gasteiger partial charge is 0.396 e. The van der Waals surface area contributed by atoms with Crippen molar-refractivity contribution in [2.75, 3.05) is 13.2 Å². The van der Waals surface area contributed by atoms with Crippen molar-refractivity contribution < 1.29 is 9.84 Å². The molecule has 1 aliphatic heterocycles. The van der Waals surface area contributed by atoms with Crippen LogP contribution in [0.5, 0.6) is 0 Å². The molecule has 14 heavy (non-hydrogen) atoms. The van der Waals surface area contributed by atoms with E-state index in [0.29, 0.717) is 12.7 Å². The molecule has 1 N–H and O–H groups in total. The van der Waals surface area contributed by atoms with Gasteiger partial charge in [-0.15, -0.1) is 0 Å². The smallest absolute Gasteiger partial charge is 0.0640 e. The first-order chi connectivity index (χ1) is 6.86. The third-order valence-electron chi connectivity index (χ3n) is 4.98. The molecule has 2 aliphatic carbocycles. The molecule has 1 saturated heterocycles. The van der Waals surface area contributed by atoms with Gasteiger partial charge >= 0.3 is 0 Å². The van der Waals surface area contributed by atoms with E-state index in [2.05, 4.69) is 6.92 Å². The Hall–Kier alpha value is -0.0800. The van der Waals surface area contributed by atoms with Crippen molar-refractivity contribution in [1.82, 2.24) is 0 Å². The maximum Gasteiger partial charge on any atom is 0.0640 e. The summed E-state index contributed by atoms with van der Waals surface area (Å²) in [6.45, 7) is 3.65. The topological polar surface area (TPSA) is 29.5 Å². The lowest BCUT2D eigenvalue weighted by molar-refractivity contribution is -0.0206. The highest BCUT2D eigenvalue weighted by Crippen LogP contribution is 2.61. The Labute approximate surface area is 85.6 Å². The summed E-state index contributed by atoms with van der Waals surface area (Å²) in [5, 5.41) is 9.10. The zero-order chi connectivity index (χ0) is 9.71. The van der Waals surface area contributed by atoms with Crippen LogP contribution in [0.15, 0.2) is 0 Å². The molecule has 6 atom stereocenters. The van der Waals surface area contributed by atoms with Crippen molar-refractivity contribution >= 4 is 0 Å². The fourth-order valence-corrected chi connectivity index (χ4v) is 4.51. The normalized spacial score (nSPS) is 54.4. The zero-order valence-electron chi connectivity index (χ0n) is 8.86. The highest BCUT2D eigenvalue weighted by atomic mass is 16.5. The molecule has 2 saturated carbocycles. The number of hydrogen-bond donors (Lipinski definition) is 1. The average molecular weight is 196 g/mol. The summed E-state index contributed by atoms with van der Waals surface area (Å²) in [5.41, 5.74) is 0. The minimum absolute atomic E-state index is 0.369. The van der Waals surface area contributed by atoms with Crippen LogP contribution in [0.2, 0.25) is 0 Å². The van der Waals surface area contributed by atoms with Crippen LogP contribution in [0.1, 0.15) is 26.2 Å². The fourth-order valence-electron chi connectivity index (χ4n) is 4.51. The second-order valence-corrected chi connectivity index (χ2v) is 5.28. The summed E-state index contributed by atoms with van der Waals surface area (Å²) in [7, 11) is 0. The average Bonchev–Trinajstić information content (AvgIpc) is 2.81. The molecule has 6 unspecified atom stereocenters. The van der Waals surface area contributed by atoms with E-state index in [4.69, 9.17) is 9.84 Å². The van der Waals surface area contributed by atoms with Crippen molar-refractivity contribution in [3.05, 3.63) is 0 Å². The van der Waals surface area contributed by atoms with Gasteiger partial charge in [0.25, 0.3) is 0 Å². The second kappa shape index (κ2) is 3.21. The van der Waals surface area contributed by atoms with Gasteiger partial charge in [-0.3, -0.25) is 0 Å². The lowest BCUT2D eigenvalue weighted by Crippen LogP contribution is -2.34. The van der Waals surface area contributed by atoms with Crippen LogP contribution in [0.25, 0.3) is 0 Å². The van der Waals surface area contributed by atoms with Crippen molar-refractivity contribution in [2.45, 2.75) is 32.3 Å². The van der Waals surface area contributed by atoms with E-state index >= 15 is 0 Å². The molecule has 4 bridgehead atoms. The van der Waals surface area contributed by atoms with Gasteiger partial charge in [0, 0.05) is 6.61 Å². The summed E-state index contributed by atoms with van der Waals surface area (Å²) in [6.07, 6.45) is 4.29. The number of hydrogen-bond acceptors (Lipinski definition) is 2. The third-order valence-corrected chi connectivity index (χ3v) is 4.98. The molecule has 0 spiro atoms. The van der Waals surface area contributed by atoms with Crippen LogP contribution in [-0.2, 0) is 4.74 Å². The van der Waals surface area contributed by atoms with Gasteiger partial charge in [0.15, 0.2) is 0 Å². The van der Waals surface area contributed by atoms with E-state index in [0.717, 1.165) is 42.6 Å². The number of rotatable bonds is 3. The molecular formula is C12H20O2. The van der Waals surface area contributed by atoms with Gasteiger partial charge in [-0.25, -0.2) is 0 Å². The Bertz CT molecular complexity index is 222. The van der Waals surface area contributed by atoms with Gasteiger partial charge in [0.1, 0.15) is 0 Å². The van der Waals surface area contributed by atoms with Crippen LogP contribution in [0.3, 0.4) is 0 Å². The Morgan fingerprint density at radius 2 is 2.21 bits per heavy atom. The molecule has 0 aromatic heterocycles. The van der Waals surface area contributed by atoms with E-state index in [-0.39, 0.29) is 0 Å². The standard InChI is InChI=1S/C12H20O2/c1-2-7-5-9-10-6-14-12(9)11(7)8(10)3-4-13/h7-13H,2-6H2,1H3. The SMILES string of the molecule is CCC1CC2C3COC2C1C3CCO. The van der Waals surface area contributed by atoms with Gasteiger partial charge in [-0.2, -0.15) is 0 Å². The predicted octanol–water partition coefficient (Wildman–Crippen LogP) is 1.68. The lowest BCUT2D eigenvalue weighted by Gasteiger charge is -2.36. The molecule has 2 nitrogen and oxygen atoms in total. The van der Waals surface area contributed by atoms with Crippen LogP contribution in [0, 0.1) is 29.6 Å². The summed E-state index contributed by atoms with van der Waals surface area (Å²) >= 11 is 0. The lowest BCUT2D eigenvalue weighted by atomic mass is 9.72. The van der Waals surface area contributed by atoms with Crippen LogP contribution in [-0.4, -0.2) is 24.4 Å². The highest BCUT2D eigenvalue weighted by Gasteiger charge is 2.61. The van der Waals surface area contributed by atoms with E-state index in [9.17, 15) is 0 Å². The molecule has 1 heterocycles. The predicted molar refractivity (Wildman–Crippen MR) is 53.8 cm³/mol. The molecule has 0 aromatic rings. The van der Waals surface area contributed by atoms with Gasteiger partial charge in [0.05, 0.1) is 12.7 Å². The van der Waals surface area contributed by atoms with E-state index in [1.54, 1.807) is 0 Å². The van der Waals surface area contributed by atoms with Crippen LogP contribution in [0.4, 0.5) is 0 Å². The van der Waals surface area contributed by atoms with Crippen molar-refractivity contribution in [3.8, 4) is 0 Å². The van der Waals surface area contributed by atoms with Gasteiger partial charge < -0.3 is 9.84 Å². The first-order valence-electron chi connectivity index (χ1n) is 6.09. The Morgan fingerprint density at radius 1 is 1.36 bits per heavy atom. The minimum Gasteiger partial charge on any atom is -0.396 e. The van der Waals surface area contributed by atoms with Crippen molar-refractivity contribution in [3.63, 3.8) is 0 Å². The zero-order valence-corrected chi connectivity index (χ0v) is 8.86. The van der Waals surface area contributed by atoms with Gasteiger partial charge in [-0.1, -0.05) is 13.3 Å². The molecule has 3 fully saturated rings. The first kappa shape index (κ1) is 9.17. The molecule has 0 radical (unpaired) electrons. The van der Waals surface area contributed by atoms with E-state index < -0.39 is 0 Å². The first-order valence-corrected chi connectivity index (χ1v) is 6.09. The monoisotopic (exact) mass is 196 g/mol. The Morgan fingerprint density at radius 3 is 2.86 bits per heavy atom. The molecule has 0 aromatic carbocycles. The minimum atomic E-state index is 0.369.